The van der Waals surface area contributed by atoms with E-state index in [-0.39, 0.29) is 11.9 Å². The molecule has 0 aromatic carbocycles. The monoisotopic (exact) mass is 212 g/mol. The van der Waals surface area contributed by atoms with Crippen LogP contribution >= 0.6 is 0 Å². The molecule has 3 atom stereocenters. The molecule has 0 aromatic heterocycles. The minimum Gasteiger partial charge on any atom is -0.341 e. The molecule has 0 saturated carbocycles. The Labute approximate surface area is 93.0 Å². The van der Waals surface area contributed by atoms with E-state index in [1.807, 2.05) is 4.90 Å². The Hall–Kier alpha value is -0.570. The van der Waals surface area contributed by atoms with Gasteiger partial charge in [-0.2, -0.15) is 0 Å². The summed E-state index contributed by atoms with van der Waals surface area (Å²) in [5, 5.41) is 0. The highest BCUT2D eigenvalue weighted by Crippen LogP contribution is 2.22. The van der Waals surface area contributed by atoms with Crippen molar-refractivity contribution in [1.82, 2.24) is 4.90 Å². The average Bonchev–Trinajstić information content (AvgIpc) is 2.54. The first-order valence-electron chi connectivity index (χ1n) is 6.10. The predicted molar refractivity (Wildman–Crippen MR) is 62.4 cm³/mol. The van der Waals surface area contributed by atoms with Gasteiger partial charge in [0.25, 0.3) is 0 Å². The van der Waals surface area contributed by atoms with Gasteiger partial charge in [0, 0.05) is 13.1 Å². The highest BCUT2D eigenvalue weighted by Gasteiger charge is 2.31. The van der Waals surface area contributed by atoms with Crippen molar-refractivity contribution in [2.75, 3.05) is 13.1 Å². The fraction of sp³-hybridized carbons (Fsp3) is 0.917. The fourth-order valence-corrected chi connectivity index (χ4v) is 2.09. The maximum absolute atomic E-state index is 11.9. The number of likely N-dealkylation sites (tertiary alicyclic amines) is 1. The van der Waals surface area contributed by atoms with Crippen molar-refractivity contribution in [2.24, 2.45) is 17.6 Å². The Morgan fingerprint density at radius 2 is 1.93 bits per heavy atom. The van der Waals surface area contributed by atoms with Crippen LogP contribution in [0.4, 0.5) is 0 Å². The van der Waals surface area contributed by atoms with Gasteiger partial charge in [0.05, 0.1) is 6.04 Å². The smallest absolute Gasteiger partial charge is 0.239 e. The van der Waals surface area contributed by atoms with E-state index >= 15 is 0 Å². The molecule has 2 unspecified atom stereocenters. The topological polar surface area (TPSA) is 46.3 Å². The van der Waals surface area contributed by atoms with Gasteiger partial charge in [0.2, 0.25) is 5.91 Å². The van der Waals surface area contributed by atoms with Gasteiger partial charge in [-0.15, -0.1) is 0 Å². The van der Waals surface area contributed by atoms with E-state index in [1.165, 1.54) is 0 Å². The molecule has 0 bridgehead atoms. The summed E-state index contributed by atoms with van der Waals surface area (Å²) in [5.74, 6) is 1.39. The van der Waals surface area contributed by atoms with Crippen molar-refractivity contribution in [1.29, 1.82) is 0 Å². The Balaban J connectivity index is 2.40. The van der Waals surface area contributed by atoms with E-state index in [1.54, 1.807) is 0 Å². The molecule has 1 saturated heterocycles. The highest BCUT2D eigenvalue weighted by molar-refractivity contribution is 5.81. The van der Waals surface area contributed by atoms with Crippen molar-refractivity contribution in [3.05, 3.63) is 0 Å². The molecule has 1 heterocycles. The van der Waals surface area contributed by atoms with Crippen molar-refractivity contribution < 1.29 is 4.79 Å². The van der Waals surface area contributed by atoms with Gasteiger partial charge in [-0.05, 0) is 18.3 Å². The van der Waals surface area contributed by atoms with Crippen LogP contribution in [0.5, 0.6) is 0 Å². The zero-order valence-corrected chi connectivity index (χ0v) is 10.2. The molecule has 3 heteroatoms. The van der Waals surface area contributed by atoms with Crippen LogP contribution in [0, 0.1) is 11.8 Å². The molecule has 0 aliphatic carbocycles. The molecule has 1 amide bonds. The molecule has 3 nitrogen and oxygen atoms in total. The molecular formula is C12H24N2O. The van der Waals surface area contributed by atoms with Crippen molar-refractivity contribution in [3.63, 3.8) is 0 Å². The highest BCUT2D eigenvalue weighted by atomic mass is 16.2. The number of unbranched alkanes of at least 4 members (excludes halogenated alkanes) is 1. The minimum atomic E-state index is -0.276. The number of rotatable bonds is 4. The minimum absolute atomic E-state index is 0.152. The molecule has 1 aliphatic rings. The molecule has 0 spiro atoms. The van der Waals surface area contributed by atoms with E-state index in [0.29, 0.717) is 11.8 Å². The first-order chi connectivity index (χ1) is 7.06. The fourth-order valence-electron chi connectivity index (χ4n) is 2.09. The molecule has 1 fully saturated rings. The van der Waals surface area contributed by atoms with Crippen LogP contribution in [0.3, 0.4) is 0 Å². The van der Waals surface area contributed by atoms with Crippen LogP contribution in [-0.2, 0) is 4.79 Å². The van der Waals surface area contributed by atoms with E-state index in [9.17, 15) is 4.79 Å². The summed E-state index contributed by atoms with van der Waals surface area (Å²) in [7, 11) is 0. The third-order valence-electron chi connectivity index (χ3n) is 3.49. The lowest BCUT2D eigenvalue weighted by Crippen LogP contribution is -2.42. The van der Waals surface area contributed by atoms with Gasteiger partial charge in [-0.3, -0.25) is 4.79 Å². The third kappa shape index (κ3) is 3.20. The Morgan fingerprint density at radius 3 is 2.40 bits per heavy atom. The lowest BCUT2D eigenvalue weighted by molar-refractivity contribution is -0.131. The number of carbonyl (C=O) groups excluding carboxylic acids is 1. The van der Waals surface area contributed by atoms with Gasteiger partial charge in [-0.1, -0.05) is 33.6 Å². The largest absolute Gasteiger partial charge is 0.341 e. The lowest BCUT2D eigenvalue weighted by Gasteiger charge is -2.20. The third-order valence-corrected chi connectivity index (χ3v) is 3.49. The number of nitrogens with two attached hydrogens (primary N) is 1. The number of hydrogen-bond acceptors (Lipinski definition) is 2. The number of carbonyl (C=O) groups is 1. The Morgan fingerprint density at radius 1 is 1.40 bits per heavy atom. The normalized spacial score (nSPS) is 28.1. The van der Waals surface area contributed by atoms with E-state index < -0.39 is 0 Å². The van der Waals surface area contributed by atoms with E-state index in [4.69, 9.17) is 5.73 Å². The van der Waals surface area contributed by atoms with Crippen molar-refractivity contribution in [3.8, 4) is 0 Å². The van der Waals surface area contributed by atoms with Gasteiger partial charge < -0.3 is 10.6 Å². The summed E-state index contributed by atoms with van der Waals surface area (Å²) in [6.45, 7) is 8.31. The summed E-state index contributed by atoms with van der Waals surface area (Å²) in [6.07, 6.45) is 2.98. The van der Waals surface area contributed by atoms with Gasteiger partial charge in [-0.25, -0.2) is 0 Å². The molecular weight excluding hydrogens is 188 g/mol. The Kier molecular flexibility index (Phi) is 4.58. The van der Waals surface area contributed by atoms with E-state index in [0.717, 1.165) is 32.4 Å². The molecule has 1 rings (SSSR count). The van der Waals surface area contributed by atoms with E-state index in [2.05, 4.69) is 20.8 Å². The Bertz CT molecular complexity index is 208. The molecule has 15 heavy (non-hydrogen) atoms. The zero-order valence-electron chi connectivity index (χ0n) is 10.2. The quantitative estimate of drug-likeness (QED) is 0.769. The summed E-state index contributed by atoms with van der Waals surface area (Å²) >= 11 is 0. The van der Waals surface area contributed by atoms with Crippen LogP contribution in [0.25, 0.3) is 0 Å². The second-order valence-corrected chi connectivity index (χ2v) is 4.95. The first-order valence-corrected chi connectivity index (χ1v) is 6.10. The number of hydrogen-bond donors (Lipinski definition) is 1. The predicted octanol–water partition coefficient (Wildman–Crippen LogP) is 1.62. The SMILES string of the molecule is CCCC[C@H](N)C(=O)N1CC(C)C(C)C1. The van der Waals surface area contributed by atoms with Crippen LogP contribution in [0.2, 0.25) is 0 Å². The van der Waals surface area contributed by atoms with Crippen molar-refractivity contribution in [2.45, 2.75) is 46.1 Å². The van der Waals surface area contributed by atoms with Crippen LogP contribution in [0.1, 0.15) is 40.0 Å². The summed E-state index contributed by atoms with van der Waals surface area (Å²) in [5.41, 5.74) is 5.88. The summed E-state index contributed by atoms with van der Waals surface area (Å²) in [6, 6.07) is -0.276. The molecule has 2 N–H and O–H groups in total. The summed E-state index contributed by atoms with van der Waals surface area (Å²) in [4.78, 5) is 13.9. The van der Waals surface area contributed by atoms with Gasteiger partial charge in [0.1, 0.15) is 0 Å². The maximum Gasteiger partial charge on any atom is 0.239 e. The molecule has 0 aromatic rings. The summed E-state index contributed by atoms with van der Waals surface area (Å²) < 4.78 is 0. The zero-order chi connectivity index (χ0) is 11.4. The molecule has 1 aliphatic heterocycles. The van der Waals surface area contributed by atoms with Crippen LogP contribution < -0.4 is 5.73 Å². The van der Waals surface area contributed by atoms with Crippen molar-refractivity contribution >= 4 is 5.91 Å². The van der Waals surface area contributed by atoms with Gasteiger partial charge >= 0.3 is 0 Å². The second-order valence-electron chi connectivity index (χ2n) is 4.95. The molecule has 0 radical (unpaired) electrons. The lowest BCUT2D eigenvalue weighted by atomic mass is 10.0. The molecule has 88 valence electrons. The maximum atomic E-state index is 11.9. The second kappa shape index (κ2) is 5.50. The van der Waals surface area contributed by atoms with Gasteiger partial charge in [0.15, 0.2) is 0 Å². The number of amides is 1. The standard InChI is InChI=1S/C12H24N2O/c1-4-5-6-11(13)12(15)14-7-9(2)10(3)8-14/h9-11H,4-8,13H2,1-3H3/t9?,10?,11-/m0/s1. The number of nitrogens with zero attached hydrogens (tertiary/aromatic N) is 1. The first kappa shape index (κ1) is 12.5. The van der Waals surface area contributed by atoms with Crippen LogP contribution in [0.15, 0.2) is 0 Å². The average molecular weight is 212 g/mol. The van der Waals surface area contributed by atoms with Crippen LogP contribution in [-0.4, -0.2) is 29.9 Å².